The number of esters is 2. The van der Waals surface area contributed by atoms with Crippen LogP contribution in [-0.4, -0.2) is 61.6 Å². The molecule has 52 heavy (non-hydrogen) atoms. The van der Waals surface area contributed by atoms with Gasteiger partial charge in [-0.1, -0.05) is 129 Å². The molecule has 0 radical (unpaired) electrons. The molecular weight excluding hydrogens is 649 g/mol. The maximum absolute atomic E-state index is 12.8. The molecule has 0 rings (SSSR count). The molecule has 0 aromatic rings. The van der Waals surface area contributed by atoms with Crippen LogP contribution in [0, 0.1) is 11.8 Å². The maximum Gasteiger partial charge on any atom is 0.305 e. The van der Waals surface area contributed by atoms with Gasteiger partial charge < -0.3 is 14.8 Å². The number of hydrogen-bond acceptors (Lipinski definition) is 6. The Hall–Kier alpha value is -2.55. The van der Waals surface area contributed by atoms with Crippen LogP contribution in [-0.2, 0) is 23.9 Å². The monoisotopic (exact) mass is 729 g/mol. The summed E-state index contributed by atoms with van der Waals surface area (Å²) in [5.41, 5.74) is 8.36. The summed E-state index contributed by atoms with van der Waals surface area (Å²) < 4.78 is 11.0. The highest BCUT2D eigenvalue weighted by Crippen LogP contribution is 2.18. The van der Waals surface area contributed by atoms with Crippen LogP contribution in [0.1, 0.15) is 189 Å². The Kier molecular flexibility index (Phi) is 33.7. The second-order valence-electron chi connectivity index (χ2n) is 15.4. The van der Waals surface area contributed by atoms with E-state index in [1.54, 1.807) is 0 Å². The number of likely N-dealkylation sites (N-methyl/N-ethyl adjacent to an activating group) is 1. The van der Waals surface area contributed by atoms with Gasteiger partial charge in [-0.3, -0.25) is 19.3 Å². The van der Waals surface area contributed by atoms with Gasteiger partial charge in [0.1, 0.15) is 0 Å². The molecule has 0 bridgehead atoms. The van der Waals surface area contributed by atoms with Gasteiger partial charge in [0.2, 0.25) is 5.91 Å². The van der Waals surface area contributed by atoms with Crippen LogP contribution in [0.15, 0.2) is 29.8 Å². The third-order valence-electron chi connectivity index (χ3n) is 10.1. The number of nitrogens with one attached hydrogen (secondary N) is 1. The van der Waals surface area contributed by atoms with E-state index in [9.17, 15) is 14.4 Å². The van der Waals surface area contributed by atoms with E-state index in [0.29, 0.717) is 50.5 Å². The van der Waals surface area contributed by atoms with E-state index >= 15 is 0 Å². The van der Waals surface area contributed by atoms with Crippen molar-refractivity contribution in [1.29, 1.82) is 0 Å². The first kappa shape index (κ1) is 49.5. The summed E-state index contributed by atoms with van der Waals surface area (Å²) in [7, 11) is 1.99. The van der Waals surface area contributed by atoms with E-state index in [4.69, 9.17) is 9.47 Å². The van der Waals surface area contributed by atoms with Crippen molar-refractivity contribution in [1.82, 2.24) is 10.2 Å². The lowest BCUT2D eigenvalue weighted by molar-refractivity contribution is -0.145. The Balaban J connectivity index is 4.34. The third kappa shape index (κ3) is 32.1. The van der Waals surface area contributed by atoms with Crippen molar-refractivity contribution in [2.45, 2.75) is 201 Å². The van der Waals surface area contributed by atoms with Crippen LogP contribution in [0.25, 0.3) is 0 Å². The second kappa shape index (κ2) is 35.5. The van der Waals surface area contributed by atoms with Crippen LogP contribution >= 0.6 is 0 Å². The van der Waals surface area contributed by atoms with E-state index in [0.717, 1.165) is 103 Å². The fourth-order valence-electron chi connectivity index (χ4n) is 6.26. The Morgan fingerprint density at radius 2 is 1.17 bits per heavy atom. The molecule has 0 aliphatic carbocycles. The van der Waals surface area contributed by atoms with E-state index in [2.05, 4.69) is 68.6 Å². The lowest BCUT2D eigenvalue weighted by Gasteiger charge is -2.23. The molecule has 0 aromatic heterocycles. The van der Waals surface area contributed by atoms with Gasteiger partial charge in [-0.05, 0) is 96.1 Å². The number of rotatable bonds is 35. The van der Waals surface area contributed by atoms with Crippen LogP contribution in [0.3, 0.4) is 0 Å². The van der Waals surface area contributed by atoms with Crippen LogP contribution in [0.2, 0.25) is 0 Å². The van der Waals surface area contributed by atoms with Gasteiger partial charge in [-0.25, -0.2) is 0 Å². The molecule has 0 aromatic carbocycles. The fourth-order valence-corrected chi connectivity index (χ4v) is 6.26. The number of carbonyl (C=O) groups is 3. The summed E-state index contributed by atoms with van der Waals surface area (Å²) in [4.78, 5) is 39.3. The highest BCUT2D eigenvalue weighted by molar-refractivity contribution is 5.78. The largest absolute Gasteiger partial charge is 0.466 e. The number of nitrogens with zero attached hydrogens (tertiary/aromatic N) is 1. The lowest BCUT2D eigenvalue weighted by atomic mass is 9.98. The van der Waals surface area contributed by atoms with Gasteiger partial charge >= 0.3 is 11.9 Å². The first-order valence-corrected chi connectivity index (χ1v) is 21.3. The minimum atomic E-state index is -0.106. The number of hydrogen-bond donors (Lipinski definition) is 1. The van der Waals surface area contributed by atoms with Gasteiger partial charge in [0.25, 0.3) is 0 Å². The summed E-state index contributed by atoms with van der Waals surface area (Å²) >= 11 is 0. The summed E-state index contributed by atoms with van der Waals surface area (Å²) in [6, 6.07) is 0.510. The number of amides is 1. The normalized spacial score (nSPS) is 12.8. The standard InChI is InChI=1S/C45H80N2O5/c1-8-11-20-27-40(6)34-36-51-44(49)32-25-18-14-16-23-30-42(46-43(48)38-47(7)39(4)5)31-24-17-15-19-26-33-45(50)52-37-35-41(28-21-12-9-2)29-22-13-10-3/h28,39-42H,2,8,10-11,13-20,22-27,29-38H2,1,3-7H3,(H,46,48). The predicted molar refractivity (Wildman–Crippen MR) is 217 cm³/mol. The maximum atomic E-state index is 12.8. The fraction of sp³-hybridized carbons (Fsp3) is 0.822. The van der Waals surface area contributed by atoms with Crippen molar-refractivity contribution in [3.8, 4) is 0 Å². The molecule has 0 spiro atoms. The van der Waals surface area contributed by atoms with E-state index in [1.807, 2.05) is 13.1 Å². The van der Waals surface area contributed by atoms with Gasteiger partial charge in [0.05, 0.1) is 19.8 Å². The zero-order valence-corrected chi connectivity index (χ0v) is 34.7. The average Bonchev–Trinajstić information content (AvgIpc) is 3.10. The zero-order valence-electron chi connectivity index (χ0n) is 34.7. The SMILES string of the molecule is C=C=C=C=CC(CCCCC)CCOC(=O)CCCCCCCC(CCCCCCCC(=O)OCCC(C)CCCCC)NC(=O)CN(C)C(C)C. The van der Waals surface area contributed by atoms with Crippen LogP contribution < -0.4 is 5.32 Å². The molecule has 1 N–H and O–H groups in total. The quantitative estimate of drug-likeness (QED) is 0.0397. The smallest absolute Gasteiger partial charge is 0.305 e. The van der Waals surface area contributed by atoms with Gasteiger partial charge in [0, 0.05) is 24.9 Å². The molecule has 0 aliphatic heterocycles. The number of allylic oxidation sites excluding steroid dienone is 1. The van der Waals surface area contributed by atoms with Crippen LogP contribution in [0.5, 0.6) is 0 Å². The summed E-state index contributed by atoms with van der Waals surface area (Å²) in [5, 5.41) is 3.32. The predicted octanol–water partition coefficient (Wildman–Crippen LogP) is 11.2. The molecule has 0 aliphatic rings. The molecule has 0 saturated carbocycles. The van der Waals surface area contributed by atoms with Crippen molar-refractivity contribution < 1.29 is 23.9 Å². The first-order chi connectivity index (χ1) is 25.1. The highest BCUT2D eigenvalue weighted by atomic mass is 16.5. The molecule has 1 amide bonds. The second-order valence-corrected chi connectivity index (χ2v) is 15.4. The molecule has 3 unspecified atom stereocenters. The van der Waals surface area contributed by atoms with Crippen molar-refractivity contribution in [3.05, 3.63) is 29.8 Å². The van der Waals surface area contributed by atoms with Crippen molar-refractivity contribution in [2.75, 3.05) is 26.8 Å². The van der Waals surface area contributed by atoms with Crippen molar-refractivity contribution >= 4 is 17.8 Å². The molecule has 3 atom stereocenters. The number of unbranched alkanes of at least 4 members (excludes halogenated alkanes) is 12. The van der Waals surface area contributed by atoms with Crippen molar-refractivity contribution in [2.24, 2.45) is 11.8 Å². The molecule has 0 saturated heterocycles. The van der Waals surface area contributed by atoms with Gasteiger partial charge in [-0.15, -0.1) is 0 Å². The Morgan fingerprint density at radius 1 is 0.673 bits per heavy atom. The minimum Gasteiger partial charge on any atom is -0.466 e. The number of ether oxygens (including phenoxy) is 2. The molecule has 7 nitrogen and oxygen atoms in total. The topological polar surface area (TPSA) is 84.9 Å². The lowest BCUT2D eigenvalue weighted by Crippen LogP contribution is -2.42. The van der Waals surface area contributed by atoms with Crippen LogP contribution in [0.4, 0.5) is 0 Å². The highest BCUT2D eigenvalue weighted by Gasteiger charge is 2.15. The van der Waals surface area contributed by atoms with Gasteiger partial charge in [0.15, 0.2) is 0 Å². The first-order valence-electron chi connectivity index (χ1n) is 21.3. The number of carbonyl (C=O) groups excluding carboxylic acids is 3. The van der Waals surface area contributed by atoms with E-state index in [1.165, 1.54) is 38.5 Å². The minimum absolute atomic E-state index is 0.0591. The summed E-state index contributed by atoms with van der Waals surface area (Å²) in [6.07, 6.45) is 26.7. The third-order valence-corrected chi connectivity index (χ3v) is 10.1. The molecular formula is C45H80N2O5. The Labute approximate surface area is 320 Å². The average molecular weight is 729 g/mol. The molecule has 7 heteroatoms. The van der Waals surface area contributed by atoms with E-state index in [-0.39, 0.29) is 23.9 Å². The summed E-state index contributed by atoms with van der Waals surface area (Å²) in [6.45, 7) is 15.8. The Bertz CT molecular complexity index is 1020. The van der Waals surface area contributed by atoms with Crippen molar-refractivity contribution in [3.63, 3.8) is 0 Å². The van der Waals surface area contributed by atoms with E-state index < -0.39 is 0 Å². The Morgan fingerprint density at radius 3 is 1.71 bits per heavy atom. The molecule has 300 valence electrons. The molecule has 0 fully saturated rings. The zero-order chi connectivity index (χ0) is 38.7. The summed E-state index contributed by atoms with van der Waals surface area (Å²) in [5.74, 6) is 0.882. The van der Waals surface area contributed by atoms with Gasteiger partial charge in [-0.2, -0.15) is 0 Å². The molecule has 0 heterocycles.